The molecule has 0 radical (unpaired) electrons. The predicted octanol–water partition coefficient (Wildman–Crippen LogP) is 4.19. The lowest BCUT2D eigenvalue weighted by molar-refractivity contribution is 0.102. The third-order valence-electron chi connectivity index (χ3n) is 5.30. The summed E-state index contributed by atoms with van der Waals surface area (Å²) >= 11 is 6.25. The molecule has 32 heavy (non-hydrogen) atoms. The molecule has 0 saturated heterocycles. The average molecular weight is 471 g/mol. The van der Waals surface area contributed by atoms with Gasteiger partial charge in [0.1, 0.15) is 5.82 Å². The first-order valence-electron chi connectivity index (χ1n) is 10.1. The number of anilines is 3. The van der Waals surface area contributed by atoms with Gasteiger partial charge in [0.05, 0.1) is 33.1 Å². The van der Waals surface area contributed by atoms with Crippen LogP contribution in [0.4, 0.5) is 17.2 Å². The molecule has 2 aromatic carbocycles. The highest BCUT2D eigenvalue weighted by Crippen LogP contribution is 2.33. The third kappa shape index (κ3) is 4.28. The molecule has 1 aliphatic rings. The van der Waals surface area contributed by atoms with Crippen LogP contribution in [0.25, 0.3) is 0 Å². The Morgan fingerprint density at radius 1 is 1.12 bits per heavy atom. The van der Waals surface area contributed by atoms with Gasteiger partial charge in [-0.15, -0.1) is 0 Å². The number of hydrogen-bond acceptors (Lipinski definition) is 5. The van der Waals surface area contributed by atoms with Crippen molar-refractivity contribution in [1.82, 2.24) is 4.98 Å². The summed E-state index contributed by atoms with van der Waals surface area (Å²) in [5.74, 6) is 0.237. The zero-order valence-electron chi connectivity index (χ0n) is 17.7. The van der Waals surface area contributed by atoms with Gasteiger partial charge < -0.3 is 10.2 Å². The summed E-state index contributed by atoms with van der Waals surface area (Å²) in [7, 11) is -0.123. The second kappa shape index (κ2) is 8.80. The van der Waals surface area contributed by atoms with Crippen LogP contribution in [0.1, 0.15) is 22.3 Å². The molecule has 1 amide bonds. The summed E-state index contributed by atoms with van der Waals surface area (Å²) in [6, 6.07) is 15.2. The minimum atomic E-state index is -3.86. The van der Waals surface area contributed by atoms with E-state index in [2.05, 4.69) is 10.3 Å². The van der Waals surface area contributed by atoms with E-state index in [-0.39, 0.29) is 15.5 Å². The van der Waals surface area contributed by atoms with Crippen molar-refractivity contribution in [3.63, 3.8) is 0 Å². The number of aromatic nitrogens is 1. The number of amides is 1. The Hall–Kier alpha value is -3.10. The molecule has 0 spiro atoms. The molecule has 0 fully saturated rings. The largest absolute Gasteiger partial charge is 0.363 e. The number of carbonyl (C=O) groups is 1. The van der Waals surface area contributed by atoms with E-state index >= 15 is 0 Å². The monoisotopic (exact) mass is 470 g/mol. The van der Waals surface area contributed by atoms with Gasteiger partial charge in [0.2, 0.25) is 0 Å². The van der Waals surface area contributed by atoms with Gasteiger partial charge in [0, 0.05) is 20.6 Å². The van der Waals surface area contributed by atoms with Gasteiger partial charge in [0.15, 0.2) is 0 Å². The summed E-state index contributed by atoms with van der Waals surface area (Å²) < 4.78 is 28.3. The van der Waals surface area contributed by atoms with Crippen LogP contribution < -0.4 is 14.5 Å². The number of hydrogen-bond donors (Lipinski definition) is 1. The highest BCUT2D eigenvalue weighted by Gasteiger charge is 2.30. The van der Waals surface area contributed by atoms with Crippen LogP contribution in [-0.2, 0) is 16.4 Å². The Morgan fingerprint density at radius 2 is 1.91 bits per heavy atom. The van der Waals surface area contributed by atoms with Gasteiger partial charge in [-0.05, 0) is 54.8 Å². The lowest BCUT2D eigenvalue weighted by Gasteiger charge is -2.30. The van der Waals surface area contributed by atoms with Crippen LogP contribution in [-0.4, -0.2) is 39.9 Å². The SMILES string of the molecule is CN(C)c1ccc(NC(=O)c2cc(S(=O)(=O)N3CCCc4ccccc43)ccc2Cl)cn1. The number of fused-ring (bicyclic) bond motifs is 1. The Morgan fingerprint density at radius 3 is 2.62 bits per heavy atom. The zero-order chi connectivity index (χ0) is 22.9. The first kappa shape index (κ1) is 22.1. The van der Waals surface area contributed by atoms with E-state index in [1.165, 1.54) is 28.7 Å². The third-order valence-corrected chi connectivity index (χ3v) is 7.44. The maximum Gasteiger partial charge on any atom is 0.264 e. The van der Waals surface area contributed by atoms with Crippen molar-refractivity contribution in [2.24, 2.45) is 0 Å². The lowest BCUT2D eigenvalue weighted by Crippen LogP contribution is -2.35. The van der Waals surface area contributed by atoms with Crippen LogP contribution in [0, 0.1) is 0 Å². The number of sulfonamides is 1. The van der Waals surface area contributed by atoms with Crippen LogP contribution in [0.3, 0.4) is 0 Å². The molecular weight excluding hydrogens is 448 g/mol. The zero-order valence-corrected chi connectivity index (χ0v) is 19.3. The molecule has 0 saturated carbocycles. The standard InChI is InChI=1S/C23H23ClN4O3S/c1-27(2)22-12-9-17(15-25-22)26-23(29)19-14-18(10-11-20(19)24)32(30,31)28-13-5-7-16-6-3-4-8-21(16)28/h3-4,6,8-12,14-15H,5,7,13H2,1-2H3,(H,26,29). The van der Waals surface area contributed by atoms with Crippen molar-refractivity contribution in [2.75, 3.05) is 35.2 Å². The highest BCUT2D eigenvalue weighted by molar-refractivity contribution is 7.92. The van der Waals surface area contributed by atoms with E-state index in [1.807, 2.05) is 37.2 Å². The molecule has 166 valence electrons. The van der Waals surface area contributed by atoms with E-state index in [0.717, 1.165) is 24.2 Å². The topological polar surface area (TPSA) is 82.6 Å². The Labute approximate surface area is 192 Å². The van der Waals surface area contributed by atoms with Gasteiger partial charge in [-0.1, -0.05) is 29.8 Å². The van der Waals surface area contributed by atoms with E-state index in [0.29, 0.717) is 17.9 Å². The van der Waals surface area contributed by atoms with Crippen LogP contribution in [0.5, 0.6) is 0 Å². The second-order valence-corrected chi connectivity index (χ2v) is 9.97. The molecule has 0 aliphatic carbocycles. The molecule has 2 heterocycles. The number of halogens is 1. The lowest BCUT2D eigenvalue weighted by atomic mass is 10.0. The van der Waals surface area contributed by atoms with Crippen LogP contribution >= 0.6 is 11.6 Å². The van der Waals surface area contributed by atoms with E-state index < -0.39 is 15.9 Å². The molecule has 0 atom stereocenters. The van der Waals surface area contributed by atoms with Crippen molar-refractivity contribution in [1.29, 1.82) is 0 Å². The minimum Gasteiger partial charge on any atom is -0.363 e. The number of para-hydroxylation sites is 1. The fourth-order valence-electron chi connectivity index (χ4n) is 3.64. The second-order valence-electron chi connectivity index (χ2n) is 7.70. The number of nitrogens with one attached hydrogen (secondary N) is 1. The number of rotatable bonds is 5. The highest BCUT2D eigenvalue weighted by atomic mass is 35.5. The maximum absolute atomic E-state index is 13.4. The number of benzene rings is 2. The molecule has 1 aliphatic heterocycles. The van der Waals surface area contributed by atoms with Crippen LogP contribution in [0.15, 0.2) is 65.7 Å². The molecular formula is C23H23ClN4O3S. The molecule has 4 rings (SSSR count). The quantitative estimate of drug-likeness (QED) is 0.604. The Balaban J connectivity index is 1.63. The van der Waals surface area contributed by atoms with Gasteiger partial charge in [0.25, 0.3) is 15.9 Å². The van der Waals surface area contributed by atoms with Crippen molar-refractivity contribution >= 4 is 44.7 Å². The summed E-state index contributed by atoms with van der Waals surface area (Å²) in [4.78, 5) is 19.0. The smallest absolute Gasteiger partial charge is 0.264 e. The number of nitrogens with zero attached hydrogens (tertiary/aromatic N) is 3. The fraction of sp³-hybridized carbons (Fsp3) is 0.217. The summed E-state index contributed by atoms with van der Waals surface area (Å²) in [6.07, 6.45) is 3.09. The van der Waals surface area contributed by atoms with Crippen molar-refractivity contribution < 1.29 is 13.2 Å². The molecule has 1 N–H and O–H groups in total. The fourth-order valence-corrected chi connectivity index (χ4v) is 5.41. The van der Waals surface area contributed by atoms with E-state index in [9.17, 15) is 13.2 Å². The van der Waals surface area contributed by atoms with Crippen molar-refractivity contribution in [3.05, 3.63) is 76.9 Å². The number of pyridine rings is 1. The molecule has 3 aromatic rings. The number of aryl methyl sites for hydroxylation is 1. The van der Waals surface area contributed by atoms with Crippen molar-refractivity contribution in [2.45, 2.75) is 17.7 Å². The first-order chi connectivity index (χ1) is 15.3. The molecule has 0 bridgehead atoms. The molecule has 7 nitrogen and oxygen atoms in total. The molecule has 1 aromatic heterocycles. The van der Waals surface area contributed by atoms with Gasteiger partial charge in [-0.3, -0.25) is 9.10 Å². The van der Waals surface area contributed by atoms with Gasteiger partial charge in [-0.2, -0.15) is 0 Å². The van der Waals surface area contributed by atoms with Crippen molar-refractivity contribution in [3.8, 4) is 0 Å². The summed E-state index contributed by atoms with van der Waals surface area (Å²) in [5.41, 5.74) is 2.22. The van der Waals surface area contributed by atoms with E-state index in [4.69, 9.17) is 11.6 Å². The Kier molecular flexibility index (Phi) is 6.08. The predicted molar refractivity (Wildman–Crippen MR) is 127 cm³/mol. The summed E-state index contributed by atoms with van der Waals surface area (Å²) in [5, 5.41) is 2.89. The van der Waals surface area contributed by atoms with Gasteiger partial charge in [-0.25, -0.2) is 13.4 Å². The van der Waals surface area contributed by atoms with Gasteiger partial charge >= 0.3 is 0 Å². The first-order valence-corrected chi connectivity index (χ1v) is 11.9. The maximum atomic E-state index is 13.4. The summed E-state index contributed by atoms with van der Waals surface area (Å²) in [6.45, 7) is 0.382. The normalized spacial score (nSPS) is 13.4. The molecule has 0 unspecified atom stereocenters. The molecule has 9 heteroatoms. The van der Waals surface area contributed by atoms with E-state index in [1.54, 1.807) is 18.2 Å². The Bertz CT molecular complexity index is 1260. The van der Waals surface area contributed by atoms with Crippen LogP contribution in [0.2, 0.25) is 5.02 Å². The number of carbonyl (C=O) groups excluding carboxylic acids is 1. The average Bonchev–Trinajstić information content (AvgIpc) is 2.79. The minimum absolute atomic E-state index is 0.0184.